The molecule has 0 spiro atoms. The first kappa shape index (κ1) is 25.0. The Morgan fingerprint density at radius 2 is 1.83 bits per heavy atom. The van der Waals surface area contributed by atoms with E-state index in [0.717, 1.165) is 42.1 Å². The van der Waals surface area contributed by atoms with Gasteiger partial charge in [0.05, 0.1) is 7.11 Å². The van der Waals surface area contributed by atoms with Gasteiger partial charge in [0.25, 0.3) is 0 Å². The summed E-state index contributed by atoms with van der Waals surface area (Å²) in [7, 11) is 1.70. The van der Waals surface area contributed by atoms with Gasteiger partial charge in [-0.2, -0.15) is 0 Å². The molecule has 2 aliphatic heterocycles. The van der Waals surface area contributed by atoms with Gasteiger partial charge in [-0.25, -0.2) is 0 Å². The molecule has 0 aromatic heterocycles. The summed E-state index contributed by atoms with van der Waals surface area (Å²) in [5, 5.41) is 15.9. The number of hydrogen-bond acceptors (Lipinski definition) is 6. The lowest BCUT2D eigenvalue weighted by Crippen LogP contribution is -2.61. The van der Waals surface area contributed by atoms with Crippen molar-refractivity contribution in [2.24, 2.45) is 0 Å². The van der Waals surface area contributed by atoms with Crippen molar-refractivity contribution in [2.45, 2.75) is 57.9 Å². The van der Waals surface area contributed by atoms with Crippen LogP contribution in [-0.4, -0.2) is 71.6 Å². The topological polar surface area (TPSA) is 94.1 Å². The number of carbonyl (C=O) groups is 2. The zero-order valence-corrected chi connectivity index (χ0v) is 20.8. The summed E-state index contributed by atoms with van der Waals surface area (Å²) in [5.41, 5.74) is 3.21. The van der Waals surface area contributed by atoms with E-state index in [1.165, 1.54) is 0 Å². The fourth-order valence-corrected chi connectivity index (χ4v) is 5.03. The molecule has 3 N–H and O–H groups in total. The summed E-state index contributed by atoms with van der Waals surface area (Å²) in [6.07, 6.45) is 1.01. The first-order chi connectivity index (χ1) is 16.9. The van der Waals surface area contributed by atoms with Gasteiger partial charge >= 0.3 is 0 Å². The number of ether oxygens (including phenoxy) is 1. The van der Waals surface area contributed by atoms with Gasteiger partial charge in [0.15, 0.2) is 0 Å². The van der Waals surface area contributed by atoms with Gasteiger partial charge in [0, 0.05) is 37.7 Å². The minimum atomic E-state index is -0.578. The summed E-state index contributed by atoms with van der Waals surface area (Å²) in [5.74, 6) is 0.931. The highest BCUT2D eigenvalue weighted by molar-refractivity contribution is 5.97. The largest absolute Gasteiger partial charge is 0.508 e. The third-order valence-corrected chi connectivity index (χ3v) is 7.11. The highest BCUT2D eigenvalue weighted by Gasteiger charge is 2.46. The van der Waals surface area contributed by atoms with Crippen molar-refractivity contribution in [3.8, 4) is 11.5 Å². The molecule has 8 nitrogen and oxygen atoms in total. The predicted molar refractivity (Wildman–Crippen MR) is 134 cm³/mol. The van der Waals surface area contributed by atoms with Gasteiger partial charge in [-0.3, -0.25) is 14.5 Å². The van der Waals surface area contributed by atoms with Crippen LogP contribution in [0.2, 0.25) is 0 Å². The van der Waals surface area contributed by atoms with E-state index in [0.29, 0.717) is 25.9 Å². The minimum Gasteiger partial charge on any atom is -0.508 e. The molecule has 0 saturated carbocycles. The number of rotatable bonds is 10. The molecule has 2 heterocycles. The van der Waals surface area contributed by atoms with Crippen molar-refractivity contribution in [3.63, 3.8) is 0 Å². The van der Waals surface area contributed by atoms with E-state index in [-0.39, 0.29) is 23.6 Å². The summed E-state index contributed by atoms with van der Waals surface area (Å²) >= 11 is 0. The third kappa shape index (κ3) is 5.77. The number of phenolic OH excluding ortho intramolecular Hbond substituents is 1. The SMILES string of the molecule is CCN(CC)Cc1cc(CN[C@H]2C[C@H]3C(=O)N[C@H](Cc4ccc(O)cc4)C(=O)N3C2)ccc1OC. The van der Waals surface area contributed by atoms with Crippen molar-refractivity contribution in [1.29, 1.82) is 0 Å². The molecular formula is C27H36N4O4. The van der Waals surface area contributed by atoms with Gasteiger partial charge < -0.3 is 25.4 Å². The van der Waals surface area contributed by atoms with E-state index in [9.17, 15) is 14.7 Å². The smallest absolute Gasteiger partial charge is 0.246 e. The maximum absolute atomic E-state index is 13.1. The molecule has 8 heteroatoms. The number of nitrogens with zero attached hydrogens (tertiary/aromatic N) is 2. The van der Waals surface area contributed by atoms with Gasteiger partial charge in [-0.1, -0.05) is 32.0 Å². The fourth-order valence-electron chi connectivity index (χ4n) is 5.03. The van der Waals surface area contributed by atoms with Crippen molar-refractivity contribution in [3.05, 3.63) is 59.2 Å². The van der Waals surface area contributed by atoms with Crippen molar-refractivity contribution >= 4 is 11.8 Å². The molecule has 188 valence electrons. The van der Waals surface area contributed by atoms with Crippen LogP contribution in [0.5, 0.6) is 11.5 Å². The molecule has 2 amide bonds. The number of fused-ring (bicyclic) bond motifs is 1. The van der Waals surface area contributed by atoms with Crippen molar-refractivity contribution < 1.29 is 19.4 Å². The highest BCUT2D eigenvalue weighted by Crippen LogP contribution is 2.26. The number of amides is 2. The molecule has 0 unspecified atom stereocenters. The summed E-state index contributed by atoms with van der Waals surface area (Å²) in [6.45, 7) is 8.28. The number of carbonyl (C=O) groups excluding carboxylic acids is 2. The first-order valence-electron chi connectivity index (χ1n) is 12.4. The van der Waals surface area contributed by atoms with Gasteiger partial charge in [0.2, 0.25) is 11.8 Å². The highest BCUT2D eigenvalue weighted by atomic mass is 16.5. The lowest BCUT2D eigenvalue weighted by Gasteiger charge is -2.34. The number of hydrogen-bond donors (Lipinski definition) is 3. The molecule has 0 radical (unpaired) electrons. The molecule has 3 atom stereocenters. The molecule has 0 bridgehead atoms. The zero-order valence-electron chi connectivity index (χ0n) is 20.8. The summed E-state index contributed by atoms with van der Waals surface area (Å²) in [6, 6.07) is 12.0. The fraction of sp³-hybridized carbons (Fsp3) is 0.481. The molecular weight excluding hydrogens is 444 g/mol. The van der Waals surface area contributed by atoms with Crippen LogP contribution in [0, 0.1) is 0 Å². The van der Waals surface area contributed by atoms with Crippen LogP contribution in [-0.2, 0) is 29.1 Å². The van der Waals surface area contributed by atoms with E-state index < -0.39 is 12.1 Å². The van der Waals surface area contributed by atoms with E-state index in [4.69, 9.17) is 4.74 Å². The molecule has 2 aliphatic rings. The molecule has 2 saturated heterocycles. The van der Waals surface area contributed by atoms with E-state index in [1.54, 1.807) is 36.3 Å². The van der Waals surface area contributed by atoms with Crippen LogP contribution < -0.4 is 15.4 Å². The number of nitrogens with one attached hydrogen (secondary N) is 2. The normalized spacial score (nSPS) is 21.8. The maximum atomic E-state index is 13.1. The standard InChI is InChI=1S/C27H36N4O4/c1-4-30(5-2)16-20-12-19(8-11-25(20)35-3)15-28-21-14-24-26(33)29-23(27(34)31(24)17-21)13-18-6-9-22(32)10-7-18/h6-12,21,23-24,28,32H,4-5,13-17H2,1-3H3,(H,29,33)/t21-,23+,24-/m0/s1. The number of piperazine rings is 1. The number of methoxy groups -OCH3 is 1. The van der Waals surface area contributed by atoms with Crippen LogP contribution in [0.15, 0.2) is 42.5 Å². The second-order valence-electron chi connectivity index (χ2n) is 9.36. The Morgan fingerprint density at radius 1 is 1.11 bits per heavy atom. The maximum Gasteiger partial charge on any atom is 0.246 e. The van der Waals surface area contributed by atoms with Gasteiger partial charge in [-0.05, 0) is 54.9 Å². The zero-order chi connectivity index (χ0) is 24.9. The van der Waals surface area contributed by atoms with Crippen LogP contribution in [0.4, 0.5) is 0 Å². The Hall–Kier alpha value is -3.10. The Morgan fingerprint density at radius 3 is 2.51 bits per heavy atom. The average Bonchev–Trinajstić information content (AvgIpc) is 3.31. The van der Waals surface area contributed by atoms with E-state index in [2.05, 4.69) is 41.5 Å². The van der Waals surface area contributed by atoms with Crippen LogP contribution in [0.3, 0.4) is 0 Å². The lowest BCUT2D eigenvalue weighted by atomic mass is 10.0. The van der Waals surface area contributed by atoms with E-state index in [1.807, 2.05) is 6.07 Å². The second kappa shape index (κ2) is 11.1. The summed E-state index contributed by atoms with van der Waals surface area (Å²) in [4.78, 5) is 30.0. The number of aromatic hydroxyl groups is 1. The van der Waals surface area contributed by atoms with Gasteiger partial charge in [-0.15, -0.1) is 0 Å². The predicted octanol–water partition coefficient (Wildman–Crippen LogP) is 2.04. The van der Waals surface area contributed by atoms with Crippen molar-refractivity contribution in [2.75, 3.05) is 26.7 Å². The Balaban J connectivity index is 1.37. The Kier molecular flexibility index (Phi) is 7.93. The molecule has 0 aliphatic carbocycles. The lowest BCUT2D eigenvalue weighted by molar-refractivity contribution is -0.147. The van der Waals surface area contributed by atoms with E-state index >= 15 is 0 Å². The van der Waals surface area contributed by atoms with Crippen LogP contribution in [0.1, 0.15) is 37.0 Å². The van der Waals surface area contributed by atoms with Crippen LogP contribution >= 0.6 is 0 Å². The number of phenols is 1. The molecule has 4 rings (SSSR count). The summed E-state index contributed by atoms with van der Waals surface area (Å²) < 4.78 is 5.57. The van der Waals surface area contributed by atoms with Crippen molar-refractivity contribution in [1.82, 2.24) is 20.4 Å². The molecule has 35 heavy (non-hydrogen) atoms. The Labute approximate surface area is 207 Å². The third-order valence-electron chi connectivity index (χ3n) is 7.11. The van der Waals surface area contributed by atoms with Crippen LogP contribution in [0.25, 0.3) is 0 Å². The monoisotopic (exact) mass is 480 g/mol. The number of benzene rings is 2. The first-order valence-corrected chi connectivity index (χ1v) is 12.4. The minimum absolute atomic E-state index is 0.0436. The quantitative estimate of drug-likeness (QED) is 0.482. The van der Waals surface area contributed by atoms with Gasteiger partial charge in [0.1, 0.15) is 23.6 Å². The molecule has 2 fully saturated rings. The Bertz CT molecular complexity index is 1040. The average molecular weight is 481 g/mol. The molecule has 2 aromatic carbocycles. The second-order valence-corrected chi connectivity index (χ2v) is 9.36. The molecule has 2 aromatic rings.